The van der Waals surface area contributed by atoms with Crippen LogP contribution in [0.25, 0.3) is 0 Å². The maximum atomic E-state index is 11.9. The van der Waals surface area contributed by atoms with Crippen molar-refractivity contribution in [1.82, 2.24) is 10.2 Å². The van der Waals surface area contributed by atoms with Crippen molar-refractivity contribution in [2.24, 2.45) is 5.92 Å². The Balaban J connectivity index is 2.29. The highest BCUT2D eigenvalue weighted by Gasteiger charge is 2.23. The van der Waals surface area contributed by atoms with Crippen molar-refractivity contribution in [2.45, 2.75) is 39.7 Å². The molecule has 0 aliphatic carbocycles. The summed E-state index contributed by atoms with van der Waals surface area (Å²) in [6.07, 6.45) is 2.81. The first-order valence-electron chi connectivity index (χ1n) is 7.67. The molecule has 1 atom stereocenters. The summed E-state index contributed by atoms with van der Waals surface area (Å²) in [6.45, 7) is 11.8. The van der Waals surface area contributed by atoms with Gasteiger partial charge in [0.25, 0.3) is 0 Å². The second kappa shape index (κ2) is 8.39. The number of hydrogen-bond donors (Lipinski definition) is 1. The zero-order valence-corrected chi connectivity index (χ0v) is 14.1. The molecule has 1 N–H and O–H groups in total. The maximum Gasteiger partial charge on any atom is 0.410 e. The lowest BCUT2D eigenvalue weighted by molar-refractivity contribution is 0.0265. The number of rotatable bonds is 6. The second-order valence-electron chi connectivity index (χ2n) is 6.73. The van der Waals surface area contributed by atoms with E-state index >= 15 is 0 Å². The molecule has 0 aromatic carbocycles. The molecule has 0 bridgehead atoms. The molecule has 0 fully saturated rings. The summed E-state index contributed by atoms with van der Waals surface area (Å²) in [4.78, 5) is 13.7. The van der Waals surface area contributed by atoms with Crippen LogP contribution in [0.5, 0.6) is 0 Å². The van der Waals surface area contributed by atoms with Crippen LogP contribution in [-0.4, -0.2) is 56.5 Å². The summed E-state index contributed by atoms with van der Waals surface area (Å²) < 4.78 is 10.5. The molecule has 122 valence electrons. The first-order valence-corrected chi connectivity index (χ1v) is 7.67. The summed E-state index contributed by atoms with van der Waals surface area (Å²) in [6, 6.07) is 0. The van der Waals surface area contributed by atoms with Crippen LogP contribution >= 0.6 is 0 Å². The zero-order chi connectivity index (χ0) is 15.9. The van der Waals surface area contributed by atoms with Gasteiger partial charge in [-0.25, -0.2) is 4.79 Å². The van der Waals surface area contributed by atoms with Crippen molar-refractivity contribution >= 4 is 6.09 Å². The van der Waals surface area contributed by atoms with Crippen molar-refractivity contribution in [2.75, 3.05) is 39.9 Å². The number of amides is 1. The lowest BCUT2D eigenvalue weighted by atomic mass is 10.1. The fourth-order valence-electron chi connectivity index (χ4n) is 2.19. The van der Waals surface area contributed by atoms with Gasteiger partial charge in [0, 0.05) is 39.9 Å². The van der Waals surface area contributed by atoms with Crippen LogP contribution in [0.1, 0.15) is 34.1 Å². The molecular weight excluding hydrogens is 268 g/mol. The van der Waals surface area contributed by atoms with E-state index in [1.165, 1.54) is 5.57 Å². The Labute approximate surface area is 128 Å². The van der Waals surface area contributed by atoms with Crippen LogP contribution in [0, 0.1) is 5.92 Å². The molecule has 0 spiro atoms. The summed E-state index contributed by atoms with van der Waals surface area (Å²) in [5, 5.41) is 3.44. The first kappa shape index (κ1) is 18.0. The van der Waals surface area contributed by atoms with Gasteiger partial charge < -0.3 is 19.7 Å². The predicted molar refractivity (Wildman–Crippen MR) is 84.4 cm³/mol. The molecule has 5 heteroatoms. The molecule has 0 radical (unpaired) electrons. The third-order valence-corrected chi connectivity index (χ3v) is 3.25. The highest BCUT2D eigenvalue weighted by Crippen LogP contribution is 2.15. The molecule has 0 saturated heterocycles. The van der Waals surface area contributed by atoms with Gasteiger partial charge >= 0.3 is 6.09 Å². The molecule has 1 rings (SSSR count). The maximum absolute atomic E-state index is 11.9. The van der Waals surface area contributed by atoms with E-state index in [2.05, 4.69) is 18.3 Å². The van der Waals surface area contributed by atoms with Gasteiger partial charge in [-0.1, -0.05) is 18.6 Å². The van der Waals surface area contributed by atoms with E-state index in [4.69, 9.17) is 9.47 Å². The molecule has 0 aromatic heterocycles. The minimum Gasteiger partial charge on any atom is -0.444 e. The molecule has 0 aromatic rings. The smallest absolute Gasteiger partial charge is 0.410 e. The van der Waals surface area contributed by atoms with E-state index < -0.39 is 5.60 Å². The molecule has 21 heavy (non-hydrogen) atoms. The highest BCUT2D eigenvalue weighted by atomic mass is 16.6. The molecule has 1 unspecified atom stereocenters. The van der Waals surface area contributed by atoms with Crippen LogP contribution in [0.4, 0.5) is 4.79 Å². The number of hydrogen-bond acceptors (Lipinski definition) is 4. The first-order chi connectivity index (χ1) is 9.81. The number of carbonyl (C=O) groups excluding carboxylic acids is 1. The van der Waals surface area contributed by atoms with E-state index in [0.717, 1.165) is 32.7 Å². The van der Waals surface area contributed by atoms with Crippen LogP contribution < -0.4 is 5.32 Å². The van der Waals surface area contributed by atoms with Crippen molar-refractivity contribution in [3.8, 4) is 0 Å². The van der Waals surface area contributed by atoms with Crippen LogP contribution in [0.3, 0.4) is 0 Å². The Morgan fingerprint density at radius 3 is 2.71 bits per heavy atom. The molecule has 1 amide bonds. The monoisotopic (exact) mass is 298 g/mol. The van der Waals surface area contributed by atoms with Crippen molar-refractivity contribution in [3.05, 3.63) is 11.6 Å². The number of nitrogens with one attached hydrogen (secondary N) is 1. The molecule has 5 nitrogen and oxygen atoms in total. The largest absolute Gasteiger partial charge is 0.444 e. The quantitative estimate of drug-likeness (QED) is 0.765. The Bertz CT molecular complexity index is 361. The molecular formula is C16H30N2O3. The van der Waals surface area contributed by atoms with Gasteiger partial charge in [0.05, 0.1) is 0 Å². The van der Waals surface area contributed by atoms with Gasteiger partial charge in [-0.3, -0.25) is 0 Å². The molecule has 1 aliphatic rings. The lowest BCUT2D eigenvalue weighted by Gasteiger charge is -2.29. The van der Waals surface area contributed by atoms with E-state index in [1.54, 1.807) is 12.0 Å². The average Bonchev–Trinajstić information content (AvgIpc) is 2.38. The lowest BCUT2D eigenvalue weighted by Crippen LogP contribution is -2.40. The number of nitrogens with zero attached hydrogens (tertiary/aromatic N) is 1. The van der Waals surface area contributed by atoms with Crippen LogP contribution in [-0.2, 0) is 9.47 Å². The van der Waals surface area contributed by atoms with E-state index in [1.807, 2.05) is 20.8 Å². The fourth-order valence-corrected chi connectivity index (χ4v) is 2.19. The Morgan fingerprint density at radius 1 is 1.48 bits per heavy atom. The predicted octanol–water partition coefficient (Wildman–Crippen LogP) is 2.43. The number of ether oxygens (including phenoxy) is 2. The minimum absolute atomic E-state index is 0.223. The summed E-state index contributed by atoms with van der Waals surface area (Å²) in [7, 11) is 1.73. The van der Waals surface area contributed by atoms with Crippen molar-refractivity contribution in [3.63, 3.8) is 0 Å². The van der Waals surface area contributed by atoms with E-state index in [9.17, 15) is 4.79 Å². The van der Waals surface area contributed by atoms with Gasteiger partial charge in [0.15, 0.2) is 0 Å². The molecule has 0 saturated carbocycles. The third-order valence-electron chi connectivity index (χ3n) is 3.25. The Morgan fingerprint density at radius 2 is 2.19 bits per heavy atom. The fraction of sp³-hybridized carbons (Fsp3) is 0.812. The standard InChI is InChI=1S/C16H30N2O3/c1-13(12-20-5)10-17-11-14-6-8-18(9-7-14)15(19)21-16(2,3)4/h6,13,17H,7-12H2,1-5H3. The van der Waals surface area contributed by atoms with Gasteiger partial charge in [0.2, 0.25) is 0 Å². The molecule has 1 aliphatic heterocycles. The SMILES string of the molecule is COCC(C)CNCC1=CCN(C(=O)OC(C)(C)C)CC1. The van der Waals surface area contributed by atoms with Crippen LogP contribution in [0.2, 0.25) is 0 Å². The minimum atomic E-state index is -0.430. The third kappa shape index (κ3) is 7.48. The summed E-state index contributed by atoms with van der Waals surface area (Å²) >= 11 is 0. The summed E-state index contributed by atoms with van der Waals surface area (Å²) in [5.74, 6) is 0.512. The van der Waals surface area contributed by atoms with Gasteiger partial charge in [-0.05, 0) is 33.1 Å². The van der Waals surface area contributed by atoms with Crippen molar-refractivity contribution in [1.29, 1.82) is 0 Å². The highest BCUT2D eigenvalue weighted by molar-refractivity contribution is 5.68. The Kier molecular flexibility index (Phi) is 7.18. The zero-order valence-electron chi connectivity index (χ0n) is 14.1. The topological polar surface area (TPSA) is 50.8 Å². The van der Waals surface area contributed by atoms with Crippen LogP contribution in [0.15, 0.2) is 11.6 Å². The second-order valence-corrected chi connectivity index (χ2v) is 6.73. The van der Waals surface area contributed by atoms with Gasteiger partial charge in [-0.2, -0.15) is 0 Å². The average molecular weight is 298 g/mol. The Hall–Kier alpha value is -1.07. The van der Waals surface area contributed by atoms with E-state index in [0.29, 0.717) is 12.5 Å². The van der Waals surface area contributed by atoms with Crippen molar-refractivity contribution < 1.29 is 14.3 Å². The number of carbonyl (C=O) groups is 1. The van der Waals surface area contributed by atoms with Gasteiger partial charge in [-0.15, -0.1) is 0 Å². The normalized spacial score (nSPS) is 17.4. The van der Waals surface area contributed by atoms with E-state index in [-0.39, 0.29) is 6.09 Å². The van der Waals surface area contributed by atoms with Gasteiger partial charge in [0.1, 0.15) is 5.60 Å². The summed E-state index contributed by atoms with van der Waals surface area (Å²) in [5.41, 5.74) is 0.930. The molecule has 1 heterocycles. The number of methoxy groups -OCH3 is 1.